The van der Waals surface area contributed by atoms with Crippen LogP contribution in [0.15, 0.2) is 60.9 Å². The number of aryl methyl sites for hydroxylation is 1. The summed E-state index contributed by atoms with van der Waals surface area (Å²) in [5.74, 6) is 0. The highest BCUT2D eigenvalue weighted by Crippen LogP contribution is 2.24. The fourth-order valence-electron chi connectivity index (χ4n) is 2.76. The first-order chi connectivity index (χ1) is 12.2. The SMILES string of the molecule is Cc1cc(C(OCCN(C)Cc2ccccc2)c2cccnc2)n[nH]1. The Morgan fingerprint density at radius 3 is 2.68 bits per heavy atom. The summed E-state index contributed by atoms with van der Waals surface area (Å²) < 4.78 is 6.17. The number of ether oxygens (including phenoxy) is 1. The van der Waals surface area contributed by atoms with E-state index in [-0.39, 0.29) is 6.10 Å². The monoisotopic (exact) mass is 336 g/mol. The van der Waals surface area contributed by atoms with Gasteiger partial charge >= 0.3 is 0 Å². The Bertz CT molecular complexity index is 758. The van der Waals surface area contributed by atoms with Crippen molar-refractivity contribution >= 4 is 0 Å². The standard InChI is InChI=1S/C20H24N4O/c1-16-13-19(23-22-16)20(18-9-6-10-21-14-18)25-12-11-24(2)15-17-7-4-3-5-8-17/h3-10,13-14,20H,11-12,15H2,1-2H3,(H,22,23). The molecule has 3 rings (SSSR count). The average molecular weight is 336 g/mol. The molecule has 2 aromatic heterocycles. The summed E-state index contributed by atoms with van der Waals surface area (Å²) >= 11 is 0. The third-order valence-electron chi connectivity index (χ3n) is 4.03. The lowest BCUT2D eigenvalue weighted by Gasteiger charge is -2.20. The van der Waals surface area contributed by atoms with Gasteiger partial charge in [0.25, 0.3) is 0 Å². The second-order valence-corrected chi connectivity index (χ2v) is 6.24. The summed E-state index contributed by atoms with van der Waals surface area (Å²) in [5.41, 5.74) is 4.22. The molecule has 130 valence electrons. The molecule has 5 nitrogen and oxygen atoms in total. The third-order valence-corrected chi connectivity index (χ3v) is 4.03. The van der Waals surface area contributed by atoms with Crippen LogP contribution in [0.2, 0.25) is 0 Å². The summed E-state index contributed by atoms with van der Waals surface area (Å²) in [6.45, 7) is 4.36. The first-order valence-corrected chi connectivity index (χ1v) is 8.48. The molecule has 1 N–H and O–H groups in total. The maximum absolute atomic E-state index is 6.17. The van der Waals surface area contributed by atoms with Crippen LogP contribution in [0, 0.1) is 6.92 Å². The lowest BCUT2D eigenvalue weighted by atomic mass is 10.1. The van der Waals surface area contributed by atoms with Gasteiger partial charge in [-0.1, -0.05) is 36.4 Å². The van der Waals surface area contributed by atoms with Crippen molar-refractivity contribution in [2.75, 3.05) is 20.2 Å². The van der Waals surface area contributed by atoms with Crippen LogP contribution in [0.25, 0.3) is 0 Å². The molecule has 0 aliphatic heterocycles. The van der Waals surface area contributed by atoms with E-state index in [9.17, 15) is 0 Å². The molecule has 0 saturated heterocycles. The van der Waals surface area contributed by atoms with E-state index in [1.807, 2.05) is 37.4 Å². The Labute approximate surface area is 148 Å². The predicted octanol–water partition coefficient (Wildman–Crippen LogP) is 3.35. The Kier molecular flexibility index (Phi) is 5.93. The zero-order chi connectivity index (χ0) is 17.5. The van der Waals surface area contributed by atoms with Crippen LogP contribution in [-0.2, 0) is 11.3 Å². The fourth-order valence-corrected chi connectivity index (χ4v) is 2.76. The number of aromatic nitrogens is 3. The molecular weight excluding hydrogens is 312 g/mol. The van der Waals surface area contributed by atoms with Gasteiger partial charge in [0.05, 0.1) is 12.3 Å². The molecule has 1 aromatic carbocycles. The van der Waals surface area contributed by atoms with Crippen LogP contribution in [0.1, 0.15) is 28.6 Å². The highest BCUT2D eigenvalue weighted by atomic mass is 16.5. The van der Waals surface area contributed by atoms with E-state index in [1.54, 1.807) is 6.20 Å². The highest BCUT2D eigenvalue weighted by molar-refractivity contribution is 5.24. The number of rotatable bonds is 8. The molecule has 0 aliphatic carbocycles. The van der Waals surface area contributed by atoms with E-state index >= 15 is 0 Å². The molecule has 0 bridgehead atoms. The Balaban J connectivity index is 1.59. The molecule has 1 unspecified atom stereocenters. The minimum Gasteiger partial charge on any atom is -0.366 e. The zero-order valence-corrected chi connectivity index (χ0v) is 14.7. The summed E-state index contributed by atoms with van der Waals surface area (Å²) in [6, 6.07) is 16.4. The third kappa shape index (κ3) is 4.98. The number of benzene rings is 1. The number of hydrogen-bond acceptors (Lipinski definition) is 4. The van der Waals surface area contributed by atoms with Crippen molar-refractivity contribution in [1.29, 1.82) is 0 Å². The van der Waals surface area contributed by atoms with Crippen LogP contribution in [0.4, 0.5) is 0 Å². The second-order valence-electron chi connectivity index (χ2n) is 6.24. The molecule has 2 heterocycles. The van der Waals surface area contributed by atoms with Gasteiger partial charge < -0.3 is 4.74 Å². The van der Waals surface area contributed by atoms with Crippen LogP contribution in [0.3, 0.4) is 0 Å². The summed E-state index contributed by atoms with van der Waals surface area (Å²) in [6.07, 6.45) is 3.40. The number of nitrogens with zero attached hydrogens (tertiary/aromatic N) is 3. The molecule has 0 saturated carbocycles. The van der Waals surface area contributed by atoms with E-state index in [0.29, 0.717) is 6.61 Å². The average Bonchev–Trinajstić information content (AvgIpc) is 3.06. The smallest absolute Gasteiger partial charge is 0.128 e. The van der Waals surface area contributed by atoms with Crippen LogP contribution < -0.4 is 0 Å². The lowest BCUT2D eigenvalue weighted by molar-refractivity contribution is 0.0609. The number of aromatic amines is 1. The molecule has 0 spiro atoms. The molecule has 0 fully saturated rings. The number of pyridine rings is 1. The summed E-state index contributed by atoms with van der Waals surface area (Å²) in [4.78, 5) is 6.46. The quantitative estimate of drug-likeness (QED) is 0.685. The van der Waals surface area contributed by atoms with Crippen molar-refractivity contribution in [2.45, 2.75) is 19.6 Å². The molecule has 0 aliphatic rings. The Morgan fingerprint density at radius 1 is 1.16 bits per heavy atom. The molecule has 0 amide bonds. The van der Waals surface area contributed by atoms with Crippen molar-refractivity contribution in [2.24, 2.45) is 0 Å². The molecule has 25 heavy (non-hydrogen) atoms. The molecule has 5 heteroatoms. The Morgan fingerprint density at radius 2 is 2.00 bits per heavy atom. The summed E-state index contributed by atoms with van der Waals surface area (Å²) in [5, 5.41) is 7.36. The minimum absolute atomic E-state index is 0.205. The van der Waals surface area contributed by atoms with Gasteiger partial charge in [-0.2, -0.15) is 5.10 Å². The van der Waals surface area contributed by atoms with Crippen molar-refractivity contribution in [1.82, 2.24) is 20.1 Å². The van der Waals surface area contributed by atoms with Gasteiger partial charge in [0.15, 0.2) is 0 Å². The zero-order valence-electron chi connectivity index (χ0n) is 14.7. The number of H-pyrrole nitrogens is 1. The lowest BCUT2D eigenvalue weighted by Crippen LogP contribution is -2.24. The van der Waals surface area contributed by atoms with Crippen LogP contribution in [-0.4, -0.2) is 40.3 Å². The van der Waals surface area contributed by atoms with Crippen molar-refractivity contribution < 1.29 is 4.74 Å². The number of likely N-dealkylation sites (N-methyl/N-ethyl adjacent to an activating group) is 1. The normalized spacial score (nSPS) is 12.4. The second kappa shape index (κ2) is 8.55. The molecule has 1 atom stereocenters. The van der Waals surface area contributed by atoms with Gasteiger partial charge in [-0.05, 0) is 31.7 Å². The molecule has 3 aromatic rings. The highest BCUT2D eigenvalue weighted by Gasteiger charge is 2.18. The number of hydrogen-bond donors (Lipinski definition) is 1. The van der Waals surface area contributed by atoms with Gasteiger partial charge in [0.1, 0.15) is 6.10 Å². The van der Waals surface area contributed by atoms with Crippen LogP contribution >= 0.6 is 0 Å². The fraction of sp³-hybridized carbons (Fsp3) is 0.300. The van der Waals surface area contributed by atoms with Crippen LogP contribution in [0.5, 0.6) is 0 Å². The topological polar surface area (TPSA) is 54.0 Å². The van der Waals surface area contributed by atoms with Crippen molar-refractivity contribution in [3.63, 3.8) is 0 Å². The van der Waals surface area contributed by atoms with E-state index < -0.39 is 0 Å². The largest absolute Gasteiger partial charge is 0.366 e. The number of nitrogens with one attached hydrogen (secondary N) is 1. The molecular formula is C20H24N4O. The molecule has 0 radical (unpaired) electrons. The maximum atomic E-state index is 6.17. The van der Waals surface area contributed by atoms with Gasteiger partial charge in [-0.25, -0.2) is 0 Å². The van der Waals surface area contributed by atoms with Gasteiger partial charge in [-0.15, -0.1) is 0 Å². The first-order valence-electron chi connectivity index (χ1n) is 8.48. The van der Waals surface area contributed by atoms with E-state index in [0.717, 1.165) is 30.0 Å². The van der Waals surface area contributed by atoms with E-state index in [1.165, 1.54) is 5.56 Å². The first kappa shape index (κ1) is 17.3. The van der Waals surface area contributed by atoms with Gasteiger partial charge in [-0.3, -0.25) is 15.0 Å². The van der Waals surface area contributed by atoms with Gasteiger partial charge in [0.2, 0.25) is 0 Å². The predicted molar refractivity (Wildman–Crippen MR) is 98.1 cm³/mol. The van der Waals surface area contributed by atoms with E-state index in [4.69, 9.17) is 4.74 Å². The minimum atomic E-state index is -0.205. The summed E-state index contributed by atoms with van der Waals surface area (Å²) in [7, 11) is 2.11. The van der Waals surface area contributed by atoms with E-state index in [2.05, 4.69) is 51.4 Å². The maximum Gasteiger partial charge on any atom is 0.128 e. The Hall–Kier alpha value is -2.50. The van der Waals surface area contributed by atoms with Crippen molar-refractivity contribution in [3.05, 3.63) is 83.4 Å². The van der Waals surface area contributed by atoms with Gasteiger partial charge in [0, 0.05) is 36.7 Å². The van der Waals surface area contributed by atoms with Crippen molar-refractivity contribution in [3.8, 4) is 0 Å².